The van der Waals surface area contributed by atoms with E-state index in [1.54, 1.807) is 0 Å². The monoisotopic (exact) mass is 658 g/mol. The molecule has 0 amide bonds. The second-order valence-electron chi connectivity index (χ2n) is 13.4. The van der Waals surface area contributed by atoms with E-state index in [1.165, 1.54) is 154 Å². The summed E-state index contributed by atoms with van der Waals surface area (Å²) in [6.07, 6.45) is 37.4. The molecule has 0 saturated carbocycles. The van der Waals surface area contributed by atoms with E-state index in [1.807, 2.05) is 6.07 Å². The fourth-order valence-corrected chi connectivity index (χ4v) is 6.62. The van der Waals surface area contributed by atoms with Gasteiger partial charge in [0.2, 0.25) is 0 Å². The van der Waals surface area contributed by atoms with Crippen LogP contribution in [-0.2, 0) is 12.8 Å². The predicted molar refractivity (Wildman–Crippen MR) is 183 cm³/mol. The minimum absolute atomic E-state index is 0. The van der Waals surface area contributed by atoms with Gasteiger partial charge < -0.3 is 19.8 Å². The van der Waals surface area contributed by atoms with Crippen molar-refractivity contribution in [2.75, 3.05) is 0 Å². The number of carbonyl (C=O) groups is 2. The zero-order chi connectivity index (χ0) is 32.1. The maximum atomic E-state index is 12.0. The third kappa shape index (κ3) is 25.2. The van der Waals surface area contributed by atoms with Gasteiger partial charge in [-0.05, 0) is 36.8 Å². The molecule has 1 rings (SSSR count). The zero-order valence-electron chi connectivity index (χ0n) is 31.0. The molecule has 1 aromatic rings. The topological polar surface area (TPSA) is 80.3 Å². The summed E-state index contributed by atoms with van der Waals surface area (Å²) in [7, 11) is 0. The molecule has 0 heterocycles. The summed E-state index contributed by atoms with van der Waals surface area (Å²) >= 11 is 0. The second-order valence-corrected chi connectivity index (χ2v) is 13.4. The van der Waals surface area contributed by atoms with E-state index in [0.29, 0.717) is 12.0 Å². The van der Waals surface area contributed by atoms with Crippen LogP contribution in [0.25, 0.3) is 0 Å². The van der Waals surface area contributed by atoms with Crippen molar-refractivity contribution in [3.8, 4) is 0 Å². The van der Waals surface area contributed by atoms with Crippen molar-refractivity contribution in [2.45, 2.75) is 206 Å². The summed E-state index contributed by atoms with van der Waals surface area (Å²) < 4.78 is 0. The normalized spacial score (nSPS) is 10.8. The predicted octanol–water partition coefficient (Wildman–Crippen LogP) is 4.47. The SMILES string of the molecule is CCCCCCCCCCCCCCCCc1ccc(C(=O)[O-])c(C(=O)[O-])c1CCCCCCCCCCCCCCCC.[Na+].[Na+]. The summed E-state index contributed by atoms with van der Waals surface area (Å²) in [6.45, 7) is 4.53. The molecule has 0 fully saturated rings. The van der Waals surface area contributed by atoms with E-state index in [9.17, 15) is 19.8 Å². The minimum Gasteiger partial charge on any atom is -0.545 e. The molecule has 254 valence electrons. The first kappa shape index (κ1) is 48.3. The Kier molecular flexibility index (Phi) is 36.7. The zero-order valence-corrected chi connectivity index (χ0v) is 35.0. The van der Waals surface area contributed by atoms with Crippen LogP contribution in [0.3, 0.4) is 0 Å². The average molecular weight is 659 g/mol. The Morgan fingerprint density at radius 2 is 0.739 bits per heavy atom. The molecule has 0 saturated heterocycles. The Hall–Kier alpha value is 0.160. The van der Waals surface area contributed by atoms with Crippen LogP contribution < -0.4 is 69.3 Å². The minimum atomic E-state index is -1.44. The summed E-state index contributed by atoms with van der Waals surface area (Å²) in [5, 5.41) is 23.7. The molecule has 0 aliphatic rings. The number of aromatic carboxylic acids is 2. The van der Waals surface area contributed by atoms with Gasteiger partial charge in [-0.15, -0.1) is 0 Å². The van der Waals surface area contributed by atoms with Gasteiger partial charge in [-0.2, -0.15) is 0 Å². The van der Waals surface area contributed by atoms with Crippen molar-refractivity contribution < 1.29 is 78.9 Å². The number of aryl methyl sites for hydroxylation is 1. The van der Waals surface area contributed by atoms with Crippen LogP contribution in [0.15, 0.2) is 12.1 Å². The van der Waals surface area contributed by atoms with Gasteiger partial charge in [-0.1, -0.05) is 193 Å². The van der Waals surface area contributed by atoms with E-state index in [2.05, 4.69) is 13.8 Å². The summed E-state index contributed by atoms with van der Waals surface area (Å²) in [6, 6.07) is 3.23. The van der Waals surface area contributed by atoms with Crippen LogP contribution >= 0.6 is 0 Å². The van der Waals surface area contributed by atoms with Crippen LogP contribution in [0.4, 0.5) is 0 Å². The summed E-state index contributed by atoms with van der Waals surface area (Å²) in [4.78, 5) is 23.7. The standard InChI is InChI=1S/C40H70O4.2Na/c1-3-5-7-9-11-13-15-17-19-21-23-25-27-29-31-35-33-34-37(39(41)42)38(40(43)44)36(35)32-30-28-26-24-22-20-18-16-14-12-10-8-6-4-2;;/h33-34H,3-32H2,1-2H3,(H,41,42)(H,43,44);;/q;2*+1/p-2. The number of carboxylic acid groups (broad SMARTS) is 2. The Balaban J connectivity index is 0. The molecule has 0 spiro atoms. The first-order valence-electron chi connectivity index (χ1n) is 19.1. The van der Waals surface area contributed by atoms with Crippen LogP contribution in [0, 0.1) is 0 Å². The number of hydrogen-bond acceptors (Lipinski definition) is 4. The molecule has 0 unspecified atom stereocenters. The van der Waals surface area contributed by atoms with Crippen molar-refractivity contribution in [3.05, 3.63) is 34.4 Å². The van der Waals surface area contributed by atoms with Crippen LogP contribution in [0.2, 0.25) is 0 Å². The molecule has 0 radical (unpaired) electrons. The molecule has 6 heteroatoms. The Labute approximate surface area is 329 Å². The quantitative estimate of drug-likeness (QED) is 0.0846. The van der Waals surface area contributed by atoms with Crippen LogP contribution in [0.5, 0.6) is 0 Å². The molecule has 4 nitrogen and oxygen atoms in total. The molecular weight excluding hydrogens is 590 g/mol. The van der Waals surface area contributed by atoms with Crippen LogP contribution in [-0.4, -0.2) is 11.9 Å². The van der Waals surface area contributed by atoms with Crippen molar-refractivity contribution in [1.29, 1.82) is 0 Å². The van der Waals surface area contributed by atoms with Gasteiger partial charge in [-0.3, -0.25) is 0 Å². The van der Waals surface area contributed by atoms with Crippen molar-refractivity contribution in [1.82, 2.24) is 0 Å². The molecule has 46 heavy (non-hydrogen) atoms. The largest absolute Gasteiger partial charge is 1.00 e. The molecule has 0 atom stereocenters. The molecule has 1 aromatic carbocycles. The van der Waals surface area contributed by atoms with Gasteiger partial charge in [0.15, 0.2) is 0 Å². The van der Waals surface area contributed by atoms with Gasteiger partial charge in [0.1, 0.15) is 0 Å². The van der Waals surface area contributed by atoms with Gasteiger partial charge in [0.05, 0.1) is 11.9 Å². The maximum Gasteiger partial charge on any atom is 1.00 e. The van der Waals surface area contributed by atoms with Crippen LogP contribution in [0.1, 0.15) is 225 Å². The van der Waals surface area contributed by atoms with Gasteiger partial charge >= 0.3 is 59.1 Å². The van der Waals surface area contributed by atoms with Crippen molar-refractivity contribution in [3.63, 3.8) is 0 Å². The van der Waals surface area contributed by atoms with Gasteiger partial charge in [-0.25, -0.2) is 0 Å². The van der Waals surface area contributed by atoms with E-state index >= 15 is 0 Å². The Bertz CT molecular complexity index is 858. The van der Waals surface area contributed by atoms with Gasteiger partial charge in [0, 0.05) is 11.1 Å². The number of hydrogen-bond donors (Lipinski definition) is 0. The van der Waals surface area contributed by atoms with Crippen molar-refractivity contribution >= 4 is 11.9 Å². The molecule has 0 aromatic heterocycles. The van der Waals surface area contributed by atoms with Crippen molar-refractivity contribution in [2.24, 2.45) is 0 Å². The third-order valence-electron chi connectivity index (χ3n) is 9.41. The summed E-state index contributed by atoms with van der Waals surface area (Å²) in [5.74, 6) is -2.83. The first-order valence-corrected chi connectivity index (χ1v) is 19.1. The molecule has 0 aliphatic heterocycles. The maximum absolute atomic E-state index is 12.0. The van der Waals surface area contributed by atoms with E-state index in [-0.39, 0.29) is 70.2 Å². The average Bonchev–Trinajstić information content (AvgIpc) is 3.01. The number of carbonyl (C=O) groups excluding carboxylic acids is 2. The van der Waals surface area contributed by atoms with Gasteiger partial charge in [0.25, 0.3) is 0 Å². The van der Waals surface area contributed by atoms with E-state index in [4.69, 9.17) is 0 Å². The Morgan fingerprint density at radius 1 is 0.435 bits per heavy atom. The third-order valence-corrected chi connectivity index (χ3v) is 9.41. The smallest absolute Gasteiger partial charge is 0.545 e. The van der Waals surface area contributed by atoms with E-state index < -0.39 is 11.9 Å². The Morgan fingerprint density at radius 3 is 1.04 bits per heavy atom. The summed E-state index contributed by atoms with van der Waals surface area (Å²) in [5.41, 5.74) is 1.25. The number of carboxylic acids is 2. The molecule has 0 aliphatic carbocycles. The molecular formula is C40H68Na2O4. The molecule has 0 N–H and O–H groups in total. The number of benzene rings is 1. The second kappa shape index (κ2) is 35.0. The number of rotatable bonds is 32. The number of unbranched alkanes of at least 4 members (excludes halogenated alkanes) is 26. The fourth-order valence-electron chi connectivity index (χ4n) is 6.62. The fraction of sp³-hybridized carbons (Fsp3) is 0.800. The van der Waals surface area contributed by atoms with E-state index in [0.717, 1.165) is 44.1 Å². The molecule has 0 bridgehead atoms. The first-order chi connectivity index (χ1) is 21.5.